The fraction of sp³-hybridized carbons (Fsp3) is 0.500. The van der Waals surface area contributed by atoms with E-state index < -0.39 is 0 Å². The van der Waals surface area contributed by atoms with Gasteiger partial charge in [0.2, 0.25) is 0 Å². The van der Waals surface area contributed by atoms with Crippen LogP contribution in [0.25, 0.3) is 0 Å². The van der Waals surface area contributed by atoms with Crippen LogP contribution >= 0.6 is 0 Å². The van der Waals surface area contributed by atoms with Crippen molar-refractivity contribution in [2.45, 2.75) is 19.9 Å². The van der Waals surface area contributed by atoms with Crippen LogP contribution in [0.2, 0.25) is 0 Å². The molecule has 0 spiro atoms. The Kier molecular flexibility index (Phi) is 2.73. The molecule has 0 saturated carbocycles. The van der Waals surface area contributed by atoms with Gasteiger partial charge >= 0.3 is 0 Å². The molecule has 0 bridgehead atoms. The maximum Gasteiger partial charge on any atom is 0.0386 e. The van der Waals surface area contributed by atoms with E-state index in [4.69, 9.17) is 0 Å². The van der Waals surface area contributed by atoms with Crippen LogP contribution in [0.3, 0.4) is 0 Å². The molecule has 1 atom stereocenters. The van der Waals surface area contributed by atoms with Gasteiger partial charge in [-0.15, -0.1) is 0 Å². The van der Waals surface area contributed by atoms with E-state index in [0.29, 0.717) is 6.04 Å². The molecule has 0 unspecified atom stereocenters. The molecule has 2 rings (SSSR count). The molecule has 0 aromatic heterocycles. The lowest BCUT2D eigenvalue weighted by Crippen LogP contribution is -2.49. The molecular weight excluding hydrogens is 172 g/mol. The molecule has 1 fully saturated rings. The molecule has 1 heterocycles. The molecule has 0 radical (unpaired) electrons. The number of benzene rings is 1. The number of aryl methyl sites for hydroxylation is 1. The van der Waals surface area contributed by atoms with Crippen LogP contribution in [0, 0.1) is 6.92 Å². The Hall–Kier alpha value is -1.02. The van der Waals surface area contributed by atoms with E-state index in [-0.39, 0.29) is 0 Å². The summed E-state index contributed by atoms with van der Waals surface area (Å²) in [6, 6.07) is 9.36. The first kappa shape index (κ1) is 9.53. The number of hydrogen-bond donors (Lipinski definition) is 1. The Labute approximate surface area is 85.9 Å². The Bertz CT molecular complexity index is 309. The molecule has 14 heavy (non-hydrogen) atoms. The maximum atomic E-state index is 3.41. The van der Waals surface area contributed by atoms with Crippen molar-refractivity contribution in [1.29, 1.82) is 0 Å². The summed E-state index contributed by atoms with van der Waals surface area (Å²) in [5.41, 5.74) is 2.70. The summed E-state index contributed by atoms with van der Waals surface area (Å²) in [6.07, 6.45) is 0. The summed E-state index contributed by atoms with van der Waals surface area (Å²) in [7, 11) is 0. The van der Waals surface area contributed by atoms with E-state index in [1.54, 1.807) is 0 Å². The summed E-state index contributed by atoms with van der Waals surface area (Å²) in [5.74, 6) is 0. The molecule has 1 aromatic rings. The van der Waals surface area contributed by atoms with Crippen LogP contribution in [0.4, 0.5) is 5.69 Å². The van der Waals surface area contributed by atoms with Gasteiger partial charge in [0.1, 0.15) is 0 Å². The van der Waals surface area contributed by atoms with Gasteiger partial charge in [-0.05, 0) is 31.5 Å². The van der Waals surface area contributed by atoms with E-state index in [1.807, 2.05) is 0 Å². The predicted octanol–water partition coefficient (Wildman–Crippen LogP) is 1.79. The third-order valence-electron chi connectivity index (χ3n) is 2.83. The first-order valence-corrected chi connectivity index (χ1v) is 5.31. The highest BCUT2D eigenvalue weighted by molar-refractivity contribution is 5.49. The highest BCUT2D eigenvalue weighted by atomic mass is 15.2. The standard InChI is InChI=1S/C12H18N2/c1-10-4-3-5-12(8-10)14-7-6-13-9-11(14)2/h3-5,8,11,13H,6-7,9H2,1-2H3/t11-/m0/s1. The van der Waals surface area contributed by atoms with Crippen molar-refractivity contribution in [3.8, 4) is 0 Å². The zero-order valence-electron chi connectivity index (χ0n) is 8.96. The summed E-state index contributed by atoms with van der Waals surface area (Å²) >= 11 is 0. The monoisotopic (exact) mass is 190 g/mol. The van der Waals surface area contributed by atoms with Crippen molar-refractivity contribution in [3.63, 3.8) is 0 Å². The molecule has 1 aliphatic heterocycles. The number of nitrogens with one attached hydrogen (secondary N) is 1. The van der Waals surface area contributed by atoms with Gasteiger partial charge in [0, 0.05) is 31.4 Å². The molecule has 0 amide bonds. The van der Waals surface area contributed by atoms with Crippen molar-refractivity contribution in [1.82, 2.24) is 5.32 Å². The van der Waals surface area contributed by atoms with Gasteiger partial charge in [0.05, 0.1) is 0 Å². The average molecular weight is 190 g/mol. The van der Waals surface area contributed by atoms with Gasteiger partial charge in [0.25, 0.3) is 0 Å². The molecule has 2 nitrogen and oxygen atoms in total. The first-order chi connectivity index (χ1) is 6.77. The van der Waals surface area contributed by atoms with Gasteiger partial charge in [0.15, 0.2) is 0 Å². The minimum absolute atomic E-state index is 0.602. The summed E-state index contributed by atoms with van der Waals surface area (Å²) in [4.78, 5) is 2.48. The predicted molar refractivity (Wildman–Crippen MR) is 60.9 cm³/mol. The molecule has 2 heteroatoms. The maximum absolute atomic E-state index is 3.41. The first-order valence-electron chi connectivity index (χ1n) is 5.31. The van der Waals surface area contributed by atoms with Gasteiger partial charge in [-0.3, -0.25) is 0 Å². The number of rotatable bonds is 1. The van der Waals surface area contributed by atoms with E-state index in [1.165, 1.54) is 11.3 Å². The summed E-state index contributed by atoms with van der Waals surface area (Å²) in [5, 5.41) is 3.41. The molecule has 1 aromatic carbocycles. The Morgan fingerprint density at radius 2 is 2.29 bits per heavy atom. The van der Waals surface area contributed by atoms with Crippen molar-refractivity contribution in [2.75, 3.05) is 24.5 Å². The summed E-state index contributed by atoms with van der Waals surface area (Å²) in [6.45, 7) is 7.72. The number of piperazine rings is 1. The molecule has 1 N–H and O–H groups in total. The lowest BCUT2D eigenvalue weighted by Gasteiger charge is -2.36. The van der Waals surface area contributed by atoms with E-state index in [2.05, 4.69) is 48.3 Å². The van der Waals surface area contributed by atoms with Crippen molar-refractivity contribution < 1.29 is 0 Å². The van der Waals surface area contributed by atoms with E-state index in [9.17, 15) is 0 Å². The van der Waals surface area contributed by atoms with Crippen molar-refractivity contribution in [3.05, 3.63) is 29.8 Å². The third-order valence-corrected chi connectivity index (χ3v) is 2.83. The zero-order valence-corrected chi connectivity index (χ0v) is 8.96. The minimum atomic E-state index is 0.602. The van der Waals surface area contributed by atoms with Gasteiger partial charge in [-0.25, -0.2) is 0 Å². The molecule has 0 aliphatic carbocycles. The average Bonchev–Trinajstić information content (AvgIpc) is 2.18. The van der Waals surface area contributed by atoms with Gasteiger partial charge < -0.3 is 10.2 Å². The van der Waals surface area contributed by atoms with Crippen LogP contribution in [-0.2, 0) is 0 Å². The van der Waals surface area contributed by atoms with Crippen LogP contribution in [0.5, 0.6) is 0 Å². The lowest BCUT2D eigenvalue weighted by atomic mass is 10.1. The second kappa shape index (κ2) is 4.01. The quantitative estimate of drug-likeness (QED) is 0.726. The zero-order chi connectivity index (χ0) is 9.97. The molecule has 1 aliphatic rings. The van der Waals surface area contributed by atoms with Crippen LogP contribution in [-0.4, -0.2) is 25.7 Å². The Morgan fingerprint density at radius 3 is 3.00 bits per heavy atom. The smallest absolute Gasteiger partial charge is 0.0386 e. The fourth-order valence-corrected chi connectivity index (χ4v) is 2.03. The molecule has 76 valence electrons. The minimum Gasteiger partial charge on any atom is -0.366 e. The van der Waals surface area contributed by atoms with Crippen molar-refractivity contribution >= 4 is 5.69 Å². The second-order valence-electron chi connectivity index (χ2n) is 4.09. The SMILES string of the molecule is Cc1cccc(N2CCNC[C@@H]2C)c1. The van der Waals surface area contributed by atoms with Crippen molar-refractivity contribution in [2.24, 2.45) is 0 Å². The van der Waals surface area contributed by atoms with Gasteiger partial charge in [-0.1, -0.05) is 12.1 Å². The lowest BCUT2D eigenvalue weighted by molar-refractivity contribution is 0.501. The number of hydrogen-bond acceptors (Lipinski definition) is 2. The van der Waals surface area contributed by atoms with Crippen LogP contribution < -0.4 is 10.2 Å². The molecular formula is C12H18N2. The topological polar surface area (TPSA) is 15.3 Å². The Morgan fingerprint density at radius 1 is 1.43 bits per heavy atom. The van der Waals surface area contributed by atoms with Gasteiger partial charge in [-0.2, -0.15) is 0 Å². The van der Waals surface area contributed by atoms with Crippen LogP contribution in [0.1, 0.15) is 12.5 Å². The normalized spacial score (nSPS) is 22.4. The van der Waals surface area contributed by atoms with E-state index >= 15 is 0 Å². The van der Waals surface area contributed by atoms with Crippen LogP contribution in [0.15, 0.2) is 24.3 Å². The second-order valence-corrected chi connectivity index (χ2v) is 4.09. The highest BCUT2D eigenvalue weighted by Crippen LogP contribution is 2.19. The number of anilines is 1. The largest absolute Gasteiger partial charge is 0.366 e. The molecule has 1 saturated heterocycles. The summed E-state index contributed by atoms with van der Waals surface area (Å²) < 4.78 is 0. The highest BCUT2D eigenvalue weighted by Gasteiger charge is 2.17. The number of nitrogens with zero attached hydrogens (tertiary/aromatic N) is 1. The fourth-order valence-electron chi connectivity index (χ4n) is 2.03. The Balaban J connectivity index is 2.20. The van der Waals surface area contributed by atoms with E-state index in [0.717, 1.165) is 19.6 Å². The third kappa shape index (κ3) is 1.90.